The number of pyridine rings is 1. The number of amides is 3. The molecule has 0 fully saturated rings. The number of carbonyl (C=O) groups is 2. The molecule has 0 aliphatic rings. The molecule has 3 aromatic rings. The molecule has 1 aromatic carbocycles. The largest absolute Gasteiger partial charge is 0.494 e. The first-order valence-corrected chi connectivity index (χ1v) is 9.23. The van der Waals surface area contributed by atoms with Crippen LogP contribution in [0.5, 0.6) is 5.75 Å². The minimum absolute atomic E-state index is 0.0690. The Morgan fingerprint density at radius 2 is 2.13 bits per heavy atom. The molecule has 3 amide bonds. The number of nitrogens with one attached hydrogen (secondary N) is 4. The van der Waals surface area contributed by atoms with Crippen molar-refractivity contribution in [2.75, 3.05) is 31.3 Å². The summed E-state index contributed by atoms with van der Waals surface area (Å²) < 4.78 is 32.6. The molecule has 2 aromatic heterocycles. The van der Waals surface area contributed by atoms with Crippen LogP contribution in [-0.2, 0) is 0 Å². The summed E-state index contributed by atoms with van der Waals surface area (Å²) in [5, 5.41) is 14.0. The summed E-state index contributed by atoms with van der Waals surface area (Å²) in [7, 11) is 1.45. The van der Waals surface area contributed by atoms with Gasteiger partial charge in [0.25, 0.3) is 5.91 Å². The highest BCUT2D eigenvalue weighted by Gasteiger charge is 2.18. The van der Waals surface area contributed by atoms with E-state index in [1.165, 1.54) is 13.2 Å². The third-order valence-electron chi connectivity index (χ3n) is 4.10. The van der Waals surface area contributed by atoms with Crippen molar-refractivity contribution in [2.24, 2.45) is 0 Å². The highest BCUT2D eigenvalue weighted by molar-refractivity contribution is 6.01. The zero-order valence-electron chi connectivity index (χ0n) is 20.1. The van der Waals surface area contributed by atoms with Crippen molar-refractivity contribution in [3.8, 4) is 17.1 Å². The minimum atomic E-state index is -2.71. The molecular weight excluding hydrogens is 402 g/mol. The number of hydrogen-bond donors (Lipinski definition) is 4. The Kier molecular flexibility index (Phi) is 5.46. The molecule has 31 heavy (non-hydrogen) atoms. The quantitative estimate of drug-likeness (QED) is 0.450. The second-order valence-electron chi connectivity index (χ2n) is 6.20. The zero-order chi connectivity index (χ0) is 24.9. The van der Waals surface area contributed by atoms with Crippen LogP contribution in [0.2, 0.25) is 0 Å². The van der Waals surface area contributed by atoms with E-state index in [9.17, 15) is 9.59 Å². The van der Waals surface area contributed by atoms with Crippen molar-refractivity contribution in [3.05, 3.63) is 41.9 Å². The molecule has 0 unspecified atom stereocenters. The standard InChI is InChI=1S/C20H23N7O4/c1-5-22-20(29)26-16-9-15(13(10-23-16)19(28)21-3)25-14-8-6-7-12(17(14)30-4)18-24-11(2)31-27-18/h6-10H,5H2,1-4H3,(H,21,28)(H3,22,23,25,26,29)/i3D3. The first-order chi connectivity index (χ1) is 16.1. The Bertz CT molecular complexity index is 1200. The van der Waals surface area contributed by atoms with Gasteiger partial charge in [0.05, 0.1) is 29.6 Å². The average molecular weight is 428 g/mol. The fourth-order valence-corrected chi connectivity index (χ4v) is 2.78. The number of nitrogens with zero attached hydrogens (tertiary/aromatic N) is 3. The Hall–Kier alpha value is -4.15. The Balaban J connectivity index is 2.04. The van der Waals surface area contributed by atoms with E-state index in [0.29, 0.717) is 35.3 Å². The van der Waals surface area contributed by atoms with E-state index in [1.807, 2.05) is 5.32 Å². The molecule has 11 heteroatoms. The van der Waals surface area contributed by atoms with Gasteiger partial charge in [-0.3, -0.25) is 10.1 Å². The van der Waals surface area contributed by atoms with Crippen molar-refractivity contribution in [3.63, 3.8) is 0 Å². The lowest BCUT2D eigenvalue weighted by molar-refractivity contribution is 0.0963. The van der Waals surface area contributed by atoms with Gasteiger partial charge in [-0.25, -0.2) is 9.78 Å². The number of methoxy groups -OCH3 is 1. The van der Waals surface area contributed by atoms with Gasteiger partial charge in [0, 0.05) is 36.8 Å². The van der Waals surface area contributed by atoms with Crippen LogP contribution in [0.25, 0.3) is 11.4 Å². The minimum Gasteiger partial charge on any atom is -0.494 e. The molecule has 0 aliphatic heterocycles. The Morgan fingerprint density at radius 3 is 2.81 bits per heavy atom. The number of aromatic nitrogens is 3. The van der Waals surface area contributed by atoms with Gasteiger partial charge in [0.15, 0.2) is 5.75 Å². The van der Waals surface area contributed by atoms with Crippen molar-refractivity contribution >= 4 is 29.1 Å². The predicted octanol–water partition coefficient (Wildman–Crippen LogP) is 2.69. The van der Waals surface area contributed by atoms with Gasteiger partial charge in [-0.1, -0.05) is 11.2 Å². The second kappa shape index (κ2) is 9.57. The Morgan fingerprint density at radius 1 is 1.29 bits per heavy atom. The van der Waals surface area contributed by atoms with Crippen LogP contribution in [0, 0.1) is 6.92 Å². The lowest BCUT2D eigenvalue weighted by atomic mass is 10.1. The summed E-state index contributed by atoms with van der Waals surface area (Å²) in [6, 6.07) is 6.02. The normalized spacial score (nSPS) is 12.2. The molecule has 0 saturated heterocycles. The van der Waals surface area contributed by atoms with Gasteiger partial charge in [-0.15, -0.1) is 0 Å². The summed E-state index contributed by atoms with van der Waals surface area (Å²) in [4.78, 5) is 32.8. The maximum absolute atomic E-state index is 12.6. The molecule has 162 valence electrons. The molecule has 2 heterocycles. The first kappa shape index (κ1) is 17.7. The molecule has 0 atom stereocenters. The van der Waals surface area contributed by atoms with Crippen LogP contribution in [0.3, 0.4) is 0 Å². The highest BCUT2D eigenvalue weighted by Crippen LogP contribution is 2.37. The molecule has 11 nitrogen and oxygen atoms in total. The van der Waals surface area contributed by atoms with E-state index in [1.54, 1.807) is 32.0 Å². The van der Waals surface area contributed by atoms with Gasteiger partial charge < -0.3 is 25.2 Å². The first-order valence-electron chi connectivity index (χ1n) is 10.7. The number of rotatable bonds is 7. The number of aryl methyl sites for hydroxylation is 1. The van der Waals surface area contributed by atoms with Crippen LogP contribution in [0.4, 0.5) is 22.0 Å². The SMILES string of the molecule is [2H]C([2H])([2H])NC(=O)c1cnc(NC(=O)NCC)cc1Nc1cccc(-c2noc(C)n2)c1OC. The number of carbonyl (C=O) groups excluding carboxylic acids is 2. The third kappa shape index (κ3) is 4.89. The monoisotopic (exact) mass is 428 g/mol. The molecule has 3 rings (SSSR count). The van der Waals surface area contributed by atoms with Crippen molar-refractivity contribution in [2.45, 2.75) is 13.8 Å². The number of benzene rings is 1. The zero-order valence-corrected chi connectivity index (χ0v) is 17.1. The summed E-state index contributed by atoms with van der Waals surface area (Å²) in [6.07, 6.45) is 1.16. The molecule has 0 spiro atoms. The maximum atomic E-state index is 12.6. The van der Waals surface area contributed by atoms with E-state index >= 15 is 0 Å². The third-order valence-corrected chi connectivity index (χ3v) is 4.10. The van der Waals surface area contributed by atoms with Crippen molar-refractivity contribution in [1.29, 1.82) is 0 Å². The van der Waals surface area contributed by atoms with E-state index in [4.69, 9.17) is 13.4 Å². The van der Waals surface area contributed by atoms with E-state index in [-0.39, 0.29) is 17.1 Å². The van der Waals surface area contributed by atoms with Crippen LogP contribution in [0.1, 0.15) is 27.3 Å². The number of anilines is 3. The van der Waals surface area contributed by atoms with Crippen LogP contribution in [-0.4, -0.2) is 47.7 Å². The molecule has 4 N–H and O–H groups in total. The van der Waals surface area contributed by atoms with Crippen LogP contribution < -0.4 is 26.0 Å². The van der Waals surface area contributed by atoms with Crippen LogP contribution >= 0.6 is 0 Å². The lowest BCUT2D eigenvalue weighted by Gasteiger charge is -2.16. The fourth-order valence-electron chi connectivity index (χ4n) is 2.78. The van der Waals surface area contributed by atoms with Crippen molar-refractivity contribution in [1.82, 2.24) is 25.8 Å². The van der Waals surface area contributed by atoms with Gasteiger partial charge in [0.2, 0.25) is 11.7 Å². The fraction of sp³-hybridized carbons (Fsp3) is 0.250. The van der Waals surface area contributed by atoms with Gasteiger partial charge in [-0.2, -0.15) is 4.98 Å². The topological polar surface area (TPSA) is 143 Å². The number of para-hydroxylation sites is 1. The van der Waals surface area contributed by atoms with Crippen LogP contribution in [0.15, 0.2) is 35.0 Å². The van der Waals surface area contributed by atoms with Crippen molar-refractivity contribution < 1.29 is 23.0 Å². The second-order valence-corrected chi connectivity index (χ2v) is 6.20. The van der Waals surface area contributed by atoms with Gasteiger partial charge in [0.1, 0.15) is 5.82 Å². The lowest BCUT2D eigenvalue weighted by Crippen LogP contribution is -2.28. The summed E-state index contributed by atoms with van der Waals surface area (Å²) in [5.74, 6) is 0.257. The average Bonchev–Trinajstić information content (AvgIpc) is 3.18. The highest BCUT2D eigenvalue weighted by atomic mass is 16.5. The maximum Gasteiger partial charge on any atom is 0.320 e. The summed E-state index contributed by atoms with van der Waals surface area (Å²) in [6.45, 7) is 1.10. The summed E-state index contributed by atoms with van der Waals surface area (Å²) >= 11 is 0. The molecular formula is C20H23N7O4. The predicted molar refractivity (Wildman–Crippen MR) is 115 cm³/mol. The van der Waals surface area contributed by atoms with Gasteiger partial charge >= 0.3 is 6.03 Å². The molecule has 0 aliphatic carbocycles. The smallest absolute Gasteiger partial charge is 0.320 e. The molecule has 0 radical (unpaired) electrons. The number of ether oxygens (including phenoxy) is 1. The number of urea groups is 1. The number of hydrogen-bond acceptors (Lipinski definition) is 8. The van der Waals surface area contributed by atoms with E-state index in [0.717, 1.165) is 6.20 Å². The molecule has 0 bridgehead atoms. The van der Waals surface area contributed by atoms with E-state index in [2.05, 4.69) is 31.1 Å². The summed E-state index contributed by atoms with van der Waals surface area (Å²) in [5.41, 5.74) is 1.04. The van der Waals surface area contributed by atoms with Gasteiger partial charge in [-0.05, 0) is 19.1 Å². The Labute approximate surface area is 182 Å². The van der Waals surface area contributed by atoms with E-state index < -0.39 is 18.9 Å². The molecule has 0 saturated carbocycles.